The standard InChI is InChI=1S/C12H17F2NO/c1-3-4-8-15(2)11(16)10-6-5-7-12(13,14)9-10/h10H,5-9H2,1-2H3/t10-/m0/s1. The highest BCUT2D eigenvalue weighted by Crippen LogP contribution is 2.37. The highest BCUT2D eigenvalue weighted by Gasteiger charge is 2.39. The maximum Gasteiger partial charge on any atom is 0.248 e. The molecular formula is C12H17F2NO. The summed E-state index contributed by atoms with van der Waals surface area (Å²) >= 11 is 0. The number of nitrogens with zero attached hydrogens (tertiary/aromatic N) is 1. The number of hydrogen-bond acceptors (Lipinski definition) is 1. The van der Waals surface area contributed by atoms with E-state index in [0.29, 0.717) is 19.4 Å². The summed E-state index contributed by atoms with van der Waals surface area (Å²) in [5, 5.41) is 0. The summed E-state index contributed by atoms with van der Waals surface area (Å²) in [5.74, 6) is 2.02. The minimum Gasteiger partial charge on any atom is -0.334 e. The van der Waals surface area contributed by atoms with Gasteiger partial charge in [-0.1, -0.05) is 5.92 Å². The zero-order chi connectivity index (χ0) is 12.2. The molecule has 1 aliphatic rings. The van der Waals surface area contributed by atoms with Gasteiger partial charge in [-0.2, -0.15) is 0 Å². The van der Waals surface area contributed by atoms with Gasteiger partial charge in [-0.15, -0.1) is 5.92 Å². The van der Waals surface area contributed by atoms with E-state index >= 15 is 0 Å². The molecule has 1 amide bonds. The van der Waals surface area contributed by atoms with Gasteiger partial charge in [0.1, 0.15) is 0 Å². The number of carbonyl (C=O) groups excluding carboxylic acids is 1. The quantitative estimate of drug-likeness (QED) is 0.665. The monoisotopic (exact) mass is 229 g/mol. The Morgan fingerprint density at radius 1 is 1.56 bits per heavy atom. The van der Waals surface area contributed by atoms with E-state index in [0.717, 1.165) is 0 Å². The van der Waals surface area contributed by atoms with Gasteiger partial charge >= 0.3 is 0 Å². The van der Waals surface area contributed by atoms with Crippen molar-refractivity contribution in [3.05, 3.63) is 0 Å². The first kappa shape index (κ1) is 13.0. The van der Waals surface area contributed by atoms with Gasteiger partial charge in [0, 0.05) is 25.8 Å². The van der Waals surface area contributed by atoms with Crippen molar-refractivity contribution in [2.45, 2.75) is 38.5 Å². The molecule has 1 rings (SSSR count). The van der Waals surface area contributed by atoms with E-state index in [-0.39, 0.29) is 18.7 Å². The Kier molecular flexibility index (Phi) is 4.28. The minimum absolute atomic E-state index is 0.0880. The van der Waals surface area contributed by atoms with E-state index in [9.17, 15) is 13.6 Å². The van der Waals surface area contributed by atoms with Crippen molar-refractivity contribution >= 4 is 5.91 Å². The Balaban J connectivity index is 2.55. The molecular weight excluding hydrogens is 212 g/mol. The van der Waals surface area contributed by atoms with Crippen molar-refractivity contribution in [2.24, 2.45) is 5.92 Å². The zero-order valence-corrected chi connectivity index (χ0v) is 9.72. The van der Waals surface area contributed by atoms with E-state index < -0.39 is 11.8 Å². The third-order valence-corrected chi connectivity index (χ3v) is 2.86. The molecule has 0 aromatic carbocycles. The third kappa shape index (κ3) is 3.48. The topological polar surface area (TPSA) is 20.3 Å². The molecule has 0 heterocycles. The lowest BCUT2D eigenvalue weighted by atomic mass is 9.85. The Labute approximate surface area is 95.0 Å². The van der Waals surface area contributed by atoms with Crippen LogP contribution in [0.3, 0.4) is 0 Å². The largest absolute Gasteiger partial charge is 0.334 e. The fourth-order valence-electron chi connectivity index (χ4n) is 1.97. The lowest BCUT2D eigenvalue weighted by Gasteiger charge is -2.30. The fraction of sp³-hybridized carbons (Fsp3) is 0.750. The Morgan fingerprint density at radius 3 is 2.81 bits per heavy atom. The number of rotatable bonds is 2. The summed E-state index contributed by atoms with van der Waals surface area (Å²) in [6.07, 6.45) is 0.597. The highest BCUT2D eigenvalue weighted by molar-refractivity contribution is 5.79. The molecule has 90 valence electrons. The van der Waals surface area contributed by atoms with Gasteiger partial charge < -0.3 is 4.90 Å². The van der Waals surface area contributed by atoms with Crippen LogP contribution in [0.1, 0.15) is 32.6 Å². The molecule has 4 heteroatoms. The highest BCUT2D eigenvalue weighted by atomic mass is 19.3. The van der Waals surface area contributed by atoms with Gasteiger partial charge in [0.25, 0.3) is 0 Å². The Hall–Kier alpha value is -1.11. The summed E-state index contributed by atoms with van der Waals surface area (Å²) in [4.78, 5) is 13.2. The first-order valence-electron chi connectivity index (χ1n) is 5.48. The summed E-state index contributed by atoms with van der Waals surface area (Å²) in [5.41, 5.74) is 0. The van der Waals surface area contributed by atoms with Crippen LogP contribution in [0.15, 0.2) is 0 Å². The minimum atomic E-state index is -2.67. The van der Waals surface area contributed by atoms with E-state index in [1.807, 2.05) is 0 Å². The zero-order valence-electron chi connectivity index (χ0n) is 9.72. The summed E-state index contributed by atoms with van der Waals surface area (Å²) in [7, 11) is 1.61. The fourth-order valence-corrected chi connectivity index (χ4v) is 1.97. The van der Waals surface area contributed by atoms with Crippen LogP contribution in [0.5, 0.6) is 0 Å². The van der Waals surface area contributed by atoms with E-state index in [2.05, 4.69) is 11.8 Å². The molecule has 0 radical (unpaired) electrons. The van der Waals surface area contributed by atoms with E-state index in [4.69, 9.17) is 0 Å². The van der Waals surface area contributed by atoms with Crippen LogP contribution in [0.2, 0.25) is 0 Å². The van der Waals surface area contributed by atoms with Gasteiger partial charge in [-0.25, -0.2) is 8.78 Å². The second-order valence-electron chi connectivity index (χ2n) is 4.27. The number of halogens is 2. The molecule has 0 bridgehead atoms. The molecule has 0 N–H and O–H groups in total. The summed E-state index contributed by atoms with van der Waals surface area (Å²) in [6, 6.07) is 0. The molecule has 1 saturated carbocycles. The van der Waals surface area contributed by atoms with Gasteiger partial charge in [-0.05, 0) is 19.8 Å². The molecule has 0 aromatic heterocycles. The van der Waals surface area contributed by atoms with Crippen LogP contribution < -0.4 is 0 Å². The SMILES string of the molecule is CC#CCN(C)C(=O)[C@H]1CCCC(F)(F)C1. The lowest BCUT2D eigenvalue weighted by molar-refractivity contribution is -0.140. The summed E-state index contributed by atoms with van der Waals surface area (Å²) in [6.45, 7) is 2.00. The van der Waals surface area contributed by atoms with Crippen LogP contribution in [0, 0.1) is 17.8 Å². The molecule has 1 atom stereocenters. The smallest absolute Gasteiger partial charge is 0.248 e. The van der Waals surface area contributed by atoms with E-state index in [1.54, 1.807) is 14.0 Å². The number of carbonyl (C=O) groups is 1. The van der Waals surface area contributed by atoms with Crippen LogP contribution in [0.25, 0.3) is 0 Å². The van der Waals surface area contributed by atoms with E-state index in [1.165, 1.54) is 4.90 Å². The maximum absolute atomic E-state index is 13.1. The van der Waals surface area contributed by atoms with Gasteiger partial charge in [0.15, 0.2) is 0 Å². The van der Waals surface area contributed by atoms with Gasteiger partial charge in [0.05, 0.1) is 6.54 Å². The van der Waals surface area contributed by atoms with Gasteiger partial charge in [0.2, 0.25) is 11.8 Å². The van der Waals surface area contributed by atoms with Crippen LogP contribution in [-0.2, 0) is 4.79 Å². The van der Waals surface area contributed by atoms with Crippen LogP contribution in [-0.4, -0.2) is 30.3 Å². The molecule has 0 aromatic rings. The van der Waals surface area contributed by atoms with Crippen molar-refractivity contribution in [3.8, 4) is 11.8 Å². The second kappa shape index (κ2) is 5.29. The molecule has 0 spiro atoms. The number of amides is 1. The number of hydrogen-bond donors (Lipinski definition) is 0. The first-order chi connectivity index (χ1) is 7.46. The second-order valence-corrected chi connectivity index (χ2v) is 4.27. The predicted molar refractivity (Wildman–Crippen MR) is 58.0 cm³/mol. The lowest BCUT2D eigenvalue weighted by Crippen LogP contribution is -2.38. The summed E-state index contributed by atoms with van der Waals surface area (Å²) < 4.78 is 26.3. The van der Waals surface area contributed by atoms with Crippen molar-refractivity contribution in [1.82, 2.24) is 4.90 Å². The molecule has 0 saturated heterocycles. The van der Waals surface area contributed by atoms with Crippen LogP contribution >= 0.6 is 0 Å². The normalized spacial score (nSPS) is 23.1. The maximum atomic E-state index is 13.1. The third-order valence-electron chi connectivity index (χ3n) is 2.86. The van der Waals surface area contributed by atoms with Crippen molar-refractivity contribution < 1.29 is 13.6 Å². The van der Waals surface area contributed by atoms with Gasteiger partial charge in [-0.3, -0.25) is 4.79 Å². The van der Waals surface area contributed by atoms with Crippen molar-refractivity contribution in [2.75, 3.05) is 13.6 Å². The average molecular weight is 229 g/mol. The molecule has 0 aliphatic heterocycles. The molecule has 0 unspecified atom stereocenters. The molecule has 2 nitrogen and oxygen atoms in total. The average Bonchev–Trinajstić information content (AvgIpc) is 2.23. The molecule has 1 fully saturated rings. The predicted octanol–water partition coefficient (Wildman–Crippen LogP) is 2.29. The molecule has 16 heavy (non-hydrogen) atoms. The van der Waals surface area contributed by atoms with Crippen molar-refractivity contribution in [3.63, 3.8) is 0 Å². The number of alkyl halides is 2. The Bertz CT molecular complexity index is 317. The van der Waals surface area contributed by atoms with Crippen molar-refractivity contribution in [1.29, 1.82) is 0 Å². The molecule has 1 aliphatic carbocycles. The first-order valence-corrected chi connectivity index (χ1v) is 5.48. The van der Waals surface area contributed by atoms with Crippen LogP contribution in [0.4, 0.5) is 8.78 Å². The Morgan fingerprint density at radius 2 is 2.25 bits per heavy atom.